The summed E-state index contributed by atoms with van der Waals surface area (Å²) in [4.78, 5) is 0. The molecule has 1 saturated heterocycles. The Morgan fingerprint density at radius 3 is 2.45 bits per heavy atom. The van der Waals surface area contributed by atoms with Gasteiger partial charge in [0.2, 0.25) is 0 Å². The molecule has 1 saturated carbocycles. The van der Waals surface area contributed by atoms with Crippen LogP contribution in [0.25, 0.3) is 0 Å². The molecule has 2 fully saturated rings. The van der Waals surface area contributed by atoms with Crippen molar-refractivity contribution in [2.45, 2.75) is 63.9 Å². The lowest BCUT2D eigenvalue weighted by atomic mass is 9.95. The molecule has 0 aromatic rings. The van der Waals surface area contributed by atoms with E-state index in [1.165, 1.54) is 4.31 Å². The Morgan fingerprint density at radius 2 is 1.85 bits per heavy atom. The SMILES string of the molecule is CC1CCCN(S(=O)(=O)NCC2(O)CCCCCC2)C1. The number of nitrogens with zero attached hydrogens (tertiary/aromatic N) is 1. The van der Waals surface area contributed by atoms with Gasteiger partial charge >= 0.3 is 0 Å². The average Bonchev–Trinajstić information content (AvgIpc) is 2.62. The molecule has 20 heavy (non-hydrogen) atoms. The maximum atomic E-state index is 12.3. The highest BCUT2D eigenvalue weighted by Crippen LogP contribution is 2.27. The molecule has 2 N–H and O–H groups in total. The van der Waals surface area contributed by atoms with Crippen molar-refractivity contribution in [3.05, 3.63) is 0 Å². The zero-order valence-electron chi connectivity index (χ0n) is 12.5. The van der Waals surface area contributed by atoms with Crippen molar-refractivity contribution in [1.29, 1.82) is 0 Å². The first-order valence-electron chi connectivity index (χ1n) is 7.88. The number of aliphatic hydroxyl groups is 1. The molecule has 0 radical (unpaired) electrons. The summed E-state index contributed by atoms with van der Waals surface area (Å²) in [5.41, 5.74) is -0.856. The molecule has 2 rings (SSSR count). The first kappa shape index (κ1) is 16.2. The Balaban J connectivity index is 1.90. The first-order chi connectivity index (χ1) is 9.41. The van der Waals surface area contributed by atoms with E-state index in [1.807, 2.05) is 0 Å². The fourth-order valence-corrected chi connectivity index (χ4v) is 4.70. The van der Waals surface area contributed by atoms with Crippen molar-refractivity contribution >= 4 is 10.2 Å². The largest absolute Gasteiger partial charge is 0.389 e. The van der Waals surface area contributed by atoms with Crippen LogP contribution in [0.2, 0.25) is 0 Å². The molecule has 0 aromatic carbocycles. The van der Waals surface area contributed by atoms with Crippen molar-refractivity contribution in [1.82, 2.24) is 9.03 Å². The minimum absolute atomic E-state index is 0.153. The highest BCUT2D eigenvalue weighted by molar-refractivity contribution is 7.87. The molecule has 5 nitrogen and oxygen atoms in total. The van der Waals surface area contributed by atoms with Gasteiger partial charge in [0.25, 0.3) is 10.2 Å². The van der Waals surface area contributed by atoms with Crippen LogP contribution in [0.4, 0.5) is 0 Å². The van der Waals surface area contributed by atoms with Crippen LogP contribution in [0.3, 0.4) is 0 Å². The molecular weight excluding hydrogens is 276 g/mol. The van der Waals surface area contributed by atoms with E-state index in [0.29, 0.717) is 31.8 Å². The predicted octanol–water partition coefficient (Wildman–Crippen LogP) is 1.64. The van der Waals surface area contributed by atoms with Crippen LogP contribution in [-0.2, 0) is 10.2 Å². The molecule has 1 heterocycles. The van der Waals surface area contributed by atoms with Crippen molar-refractivity contribution in [3.63, 3.8) is 0 Å². The first-order valence-corrected chi connectivity index (χ1v) is 9.32. The topological polar surface area (TPSA) is 69.6 Å². The minimum atomic E-state index is -3.44. The van der Waals surface area contributed by atoms with E-state index in [9.17, 15) is 13.5 Å². The number of hydrogen-bond donors (Lipinski definition) is 2. The maximum Gasteiger partial charge on any atom is 0.279 e. The maximum absolute atomic E-state index is 12.3. The molecule has 118 valence electrons. The Bertz CT molecular complexity index is 403. The summed E-state index contributed by atoms with van der Waals surface area (Å²) >= 11 is 0. The minimum Gasteiger partial charge on any atom is -0.389 e. The summed E-state index contributed by atoms with van der Waals surface area (Å²) in [7, 11) is -3.44. The Kier molecular flexibility index (Phi) is 5.45. The van der Waals surface area contributed by atoms with Crippen molar-refractivity contribution < 1.29 is 13.5 Å². The van der Waals surface area contributed by atoms with Gasteiger partial charge in [-0.1, -0.05) is 32.6 Å². The van der Waals surface area contributed by atoms with Crippen molar-refractivity contribution in [2.75, 3.05) is 19.6 Å². The zero-order chi connectivity index (χ0) is 14.6. The molecule has 1 unspecified atom stereocenters. The highest BCUT2D eigenvalue weighted by Gasteiger charge is 2.32. The summed E-state index contributed by atoms with van der Waals surface area (Å²) < 4.78 is 28.8. The van der Waals surface area contributed by atoms with E-state index < -0.39 is 15.8 Å². The van der Waals surface area contributed by atoms with Crippen LogP contribution >= 0.6 is 0 Å². The summed E-state index contributed by atoms with van der Waals surface area (Å²) in [6, 6.07) is 0. The lowest BCUT2D eigenvalue weighted by molar-refractivity contribution is 0.0298. The van der Waals surface area contributed by atoms with Crippen LogP contribution in [0.5, 0.6) is 0 Å². The standard InChI is InChI=1S/C14H28N2O3S/c1-13-7-6-10-16(11-13)20(18,19)15-12-14(17)8-4-2-3-5-9-14/h13,15,17H,2-12H2,1H3. The molecule has 0 bridgehead atoms. The second-order valence-electron chi connectivity index (χ2n) is 6.57. The second-order valence-corrected chi connectivity index (χ2v) is 8.33. The molecular formula is C14H28N2O3S. The van der Waals surface area contributed by atoms with E-state index in [-0.39, 0.29) is 6.54 Å². The average molecular weight is 304 g/mol. The van der Waals surface area contributed by atoms with E-state index in [2.05, 4.69) is 11.6 Å². The third-order valence-electron chi connectivity index (χ3n) is 4.58. The molecule has 1 aliphatic carbocycles. The third kappa shape index (κ3) is 4.41. The van der Waals surface area contributed by atoms with Crippen molar-refractivity contribution in [3.8, 4) is 0 Å². The quantitative estimate of drug-likeness (QED) is 0.776. The van der Waals surface area contributed by atoms with Gasteiger partial charge in [0.1, 0.15) is 0 Å². The molecule has 0 spiro atoms. The second kappa shape index (κ2) is 6.73. The number of rotatable bonds is 4. The lowest BCUT2D eigenvalue weighted by Gasteiger charge is -2.32. The van der Waals surface area contributed by atoms with Crippen LogP contribution in [0.15, 0.2) is 0 Å². The van der Waals surface area contributed by atoms with Gasteiger partial charge in [-0.2, -0.15) is 17.4 Å². The molecule has 0 aromatic heterocycles. The van der Waals surface area contributed by atoms with E-state index >= 15 is 0 Å². The molecule has 1 atom stereocenters. The van der Waals surface area contributed by atoms with Crippen LogP contribution in [0.1, 0.15) is 58.3 Å². The Labute approximate surface area is 122 Å². The van der Waals surface area contributed by atoms with Crippen molar-refractivity contribution in [2.24, 2.45) is 5.92 Å². The fourth-order valence-electron chi connectivity index (χ4n) is 3.24. The normalized spacial score (nSPS) is 29.0. The number of hydrogen-bond acceptors (Lipinski definition) is 3. The van der Waals surface area contributed by atoms with E-state index in [4.69, 9.17) is 0 Å². The summed E-state index contributed by atoms with van der Waals surface area (Å²) in [6.07, 6.45) is 7.66. The van der Waals surface area contributed by atoms with Gasteiger partial charge < -0.3 is 5.11 Å². The fraction of sp³-hybridized carbons (Fsp3) is 1.00. The van der Waals surface area contributed by atoms with Gasteiger partial charge in [0.15, 0.2) is 0 Å². The van der Waals surface area contributed by atoms with Gasteiger partial charge in [-0.3, -0.25) is 0 Å². The number of piperidine rings is 1. The highest BCUT2D eigenvalue weighted by atomic mass is 32.2. The summed E-state index contributed by atoms with van der Waals surface area (Å²) in [6.45, 7) is 3.42. The van der Waals surface area contributed by atoms with Crippen LogP contribution in [0, 0.1) is 5.92 Å². The molecule has 0 amide bonds. The van der Waals surface area contributed by atoms with Crippen LogP contribution in [-0.4, -0.2) is 43.1 Å². The zero-order valence-corrected chi connectivity index (χ0v) is 13.3. The Morgan fingerprint density at radius 1 is 1.20 bits per heavy atom. The summed E-state index contributed by atoms with van der Waals surface area (Å²) in [5.74, 6) is 0.418. The van der Waals surface area contributed by atoms with Gasteiger partial charge in [0.05, 0.1) is 5.60 Å². The Hall–Kier alpha value is -0.170. The van der Waals surface area contributed by atoms with Gasteiger partial charge in [-0.05, 0) is 31.6 Å². The summed E-state index contributed by atoms with van der Waals surface area (Å²) in [5, 5.41) is 10.5. The van der Waals surface area contributed by atoms with E-state index in [0.717, 1.165) is 38.5 Å². The van der Waals surface area contributed by atoms with Gasteiger partial charge in [-0.25, -0.2) is 0 Å². The molecule has 6 heteroatoms. The van der Waals surface area contributed by atoms with Crippen LogP contribution < -0.4 is 4.72 Å². The monoisotopic (exact) mass is 304 g/mol. The molecule has 2 aliphatic rings. The van der Waals surface area contributed by atoms with E-state index in [1.54, 1.807) is 0 Å². The third-order valence-corrected chi connectivity index (χ3v) is 6.10. The predicted molar refractivity (Wildman–Crippen MR) is 79.5 cm³/mol. The smallest absolute Gasteiger partial charge is 0.279 e. The van der Waals surface area contributed by atoms with Gasteiger partial charge in [-0.15, -0.1) is 0 Å². The van der Waals surface area contributed by atoms with Gasteiger partial charge in [0, 0.05) is 19.6 Å². The number of nitrogens with one attached hydrogen (secondary N) is 1. The molecule has 1 aliphatic heterocycles. The lowest BCUT2D eigenvalue weighted by Crippen LogP contribution is -2.50.